The number of hydrogen-bond donors (Lipinski definition) is 2. The SMILES string of the molecule is Cc1nnc(CN=C(NCCc2cccs2)NC2C3CCOC3C23CCC3)n1C. The molecular weight excluding hydrogens is 384 g/mol. The molecule has 2 N–H and O–H groups in total. The van der Waals surface area contributed by atoms with Crippen molar-refractivity contribution in [2.75, 3.05) is 13.2 Å². The largest absolute Gasteiger partial charge is 0.377 e. The average molecular weight is 415 g/mol. The fraction of sp³-hybridized carbons (Fsp3) is 0.667. The molecule has 8 heteroatoms. The van der Waals surface area contributed by atoms with Crippen LogP contribution in [0.3, 0.4) is 0 Å². The van der Waals surface area contributed by atoms with Gasteiger partial charge < -0.3 is 19.9 Å². The predicted molar refractivity (Wildman–Crippen MR) is 114 cm³/mol. The summed E-state index contributed by atoms with van der Waals surface area (Å²) in [6, 6.07) is 4.77. The normalized spacial score (nSPS) is 27.4. The Labute approximate surface area is 176 Å². The van der Waals surface area contributed by atoms with Gasteiger partial charge in [-0.25, -0.2) is 4.99 Å². The van der Waals surface area contributed by atoms with Crippen molar-refractivity contribution in [2.45, 2.75) is 57.7 Å². The fourth-order valence-electron chi connectivity index (χ4n) is 5.25. The van der Waals surface area contributed by atoms with Gasteiger partial charge in [0.15, 0.2) is 11.8 Å². The molecule has 1 spiro atoms. The quantitative estimate of drug-likeness (QED) is 0.561. The summed E-state index contributed by atoms with van der Waals surface area (Å²) in [4.78, 5) is 6.27. The van der Waals surface area contributed by atoms with E-state index in [1.807, 2.05) is 18.5 Å². The number of nitrogens with one attached hydrogen (secondary N) is 2. The molecule has 29 heavy (non-hydrogen) atoms. The highest BCUT2D eigenvalue weighted by Crippen LogP contribution is 2.62. The monoisotopic (exact) mass is 414 g/mol. The van der Waals surface area contributed by atoms with Gasteiger partial charge in [-0.1, -0.05) is 12.5 Å². The molecule has 0 aromatic carbocycles. The summed E-state index contributed by atoms with van der Waals surface area (Å²) < 4.78 is 8.08. The van der Waals surface area contributed by atoms with Crippen LogP contribution in [0.15, 0.2) is 22.5 Å². The number of aromatic nitrogens is 3. The Hall–Kier alpha value is -1.93. The minimum atomic E-state index is 0.332. The summed E-state index contributed by atoms with van der Waals surface area (Å²) in [7, 11) is 1.99. The molecule has 1 saturated heterocycles. The summed E-state index contributed by atoms with van der Waals surface area (Å²) in [5, 5.41) is 17.9. The van der Waals surface area contributed by atoms with Crippen molar-refractivity contribution in [1.82, 2.24) is 25.4 Å². The Bertz CT molecular complexity index is 872. The van der Waals surface area contributed by atoms with Crippen LogP contribution in [0.1, 0.15) is 42.2 Å². The van der Waals surface area contributed by atoms with Gasteiger partial charge in [-0.15, -0.1) is 21.5 Å². The van der Waals surface area contributed by atoms with E-state index in [2.05, 4.69) is 38.3 Å². The van der Waals surface area contributed by atoms with Gasteiger partial charge in [0, 0.05) is 42.5 Å². The van der Waals surface area contributed by atoms with Crippen molar-refractivity contribution < 1.29 is 4.74 Å². The van der Waals surface area contributed by atoms with Gasteiger partial charge in [0.05, 0.1) is 6.10 Å². The first-order chi connectivity index (χ1) is 14.2. The first kappa shape index (κ1) is 19.1. The molecule has 3 aliphatic rings. The Morgan fingerprint density at radius 3 is 3.00 bits per heavy atom. The minimum absolute atomic E-state index is 0.332. The van der Waals surface area contributed by atoms with Gasteiger partial charge in [0.2, 0.25) is 0 Å². The highest BCUT2D eigenvalue weighted by Gasteiger charge is 2.66. The third-order valence-corrected chi connectivity index (χ3v) is 8.07. The first-order valence-corrected chi connectivity index (χ1v) is 11.6. The second-order valence-corrected chi connectivity index (χ2v) is 9.63. The summed E-state index contributed by atoms with van der Waals surface area (Å²) >= 11 is 1.81. The number of fused-ring (bicyclic) bond motifs is 2. The molecule has 3 heterocycles. The molecule has 2 saturated carbocycles. The Kier molecular flexibility index (Phi) is 5.07. The third kappa shape index (κ3) is 3.36. The smallest absolute Gasteiger partial charge is 0.191 e. The Balaban J connectivity index is 1.29. The van der Waals surface area contributed by atoms with Crippen molar-refractivity contribution in [3.8, 4) is 0 Å². The van der Waals surface area contributed by atoms with Crippen LogP contribution in [-0.2, 0) is 24.8 Å². The van der Waals surface area contributed by atoms with Gasteiger partial charge in [0.1, 0.15) is 12.4 Å². The lowest BCUT2D eigenvalue weighted by atomic mass is 9.46. The van der Waals surface area contributed by atoms with E-state index in [9.17, 15) is 0 Å². The van der Waals surface area contributed by atoms with Crippen LogP contribution in [0.2, 0.25) is 0 Å². The Morgan fingerprint density at radius 2 is 2.31 bits per heavy atom. The van der Waals surface area contributed by atoms with Crippen LogP contribution in [0.4, 0.5) is 0 Å². The van der Waals surface area contributed by atoms with E-state index >= 15 is 0 Å². The standard InChI is InChI=1S/C21H30N6OS/c1-14-25-26-17(27(14)2)13-23-20(22-10-6-15-5-3-12-29-15)24-18-16-7-11-28-19(16)21(18)8-4-9-21/h3,5,12,16,18-19H,4,6-11,13H2,1-2H3,(H2,22,23,24). The zero-order chi connectivity index (χ0) is 19.8. The second kappa shape index (κ2) is 7.72. The van der Waals surface area contributed by atoms with E-state index in [1.165, 1.54) is 24.1 Å². The predicted octanol–water partition coefficient (Wildman–Crippen LogP) is 2.42. The molecule has 156 valence electrons. The number of ether oxygens (including phenoxy) is 1. The number of rotatable bonds is 6. The Morgan fingerprint density at radius 1 is 1.41 bits per heavy atom. The highest BCUT2D eigenvalue weighted by molar-refractivity contribution is 7.09. The van der Waals surface area contributed by atoms with Crippen LogP contribution >= 0.6 is 11.3 Å². The number of guanidine groups is 1. The number of thiophene rings is 1. The lowest BCUT2D eigenvalue weighted by Crippen LogP contribution is -2.72. The molecule has 3 unspecified atom stereocenters. The number of nitrogens with zero attached hydrogens (tertiary/aromatic N) is 4. The summed E-state index contributed by atoms with van der Waals surface area (Å²) in [5.41, 5.74) is 0.332. The molecule has 0 radical (unpaired) electrons. The second-order valence-electron chi connectivity index (χ2n) is 8.60. The van der Waals surface area contributed by atoms with E-state index in [4.69, 9.17) is 9.73 Å². The first-order valence-electron chi connectivity index (χ1n) is 10.7. The maximum atomic E-state index is 6.08. The molecule has 3 fully saturated rings. The number of hydrogen-bond acceptors (Lipinski definition) is 5. The van der Waals surface area contributed by atoms with E-state index in [0.29, 0.717) is 30.0 Å². The van der Waals surface area contributed by atoms with Crippen LogP contribution in [-0.4, -0.2) is 46.0 Å². The van der Waals surface area contributed by atoms with Crippen LogP contribution in [0.5, 0.6) is 0 Å². The molecule has 3 atom stereocenters. The van der Waals surface area contributed by atoms with Crippen molar-refractivity contribution in [1.29, 1.82) is 0 Å². The summed E-state index contributed by atoms with van der Waals surface area (Å²) in [6.07, 6.45) is 6.50. The van der Waals surface area contributed by atoms with E-state index in [1.54, 1.807) is 11.3 Å². The number of aryl methyl sites for hydroxylation is 1. The number of aliphatic imine (C=N–C) groups is 1. The van der Waals surface area contributed by atoms with Crippen LogP contribution in [0, 0.1) is 18.3 Å². The van der Waals surface area contributed by atoms with Crippen molar-refractivity contribution in [2.24, 2.45) is 23.4 Å². The van der Waals surface area contributed by atoms with Crippen LogP contribution < -0.4 is 10.6 Å². The molecule has 1 aliphatic heterocycles. The van der Waals surface area contributed by atoms with E-state index in [-0.39, 0.29) is 0 Å². The molecule has 0 bridgehead atoms. The molecular formula is C21H30N6OS. The molecule has 7 nitrogen and oxygen atoms in total. The average Bonchev–Trinajstić information content (AvgIpc) is 3.40. The maximum Gasteiger partial charge on any atom is 0.191 e. The lowest BCUT2D eigenvalue weighted by molar-refractivity contribution is -0.171. The molecule has 2 aromatic heterocycles. The van der Waals surface area contributed by atoms with Gasteiger partial charge in [0.25, 0.3) is 0 Å². The van der Waals surface area contributed by atoms with Crippen molar-refractivity contribution in [3.05, 3.63) is 34.0 Å². The molecule has 5 rings (SSSR count). The fourth-order valence-corrected chi connectivity index (χ4v) is 5.96. The summed E-state index contributed by atoms with van der Waals surface area (Å²) in [5.74, 6) is 3.31. The lowest BCUT2D eigenvalue weighted by Gasteiger charge is -2.63. The van der Waals surface area contributed by atoms with Gasteiger partial charge in [-0.3, -0.25) is 0 Å². The maximum absolute atomic E-state index is 6.08. The van der Waals surface area contributed by atoms with Gasteiger partial charge in [-0.2, -0.15) is 0 Å². The highest BCUT2D eigenvalue weighted by atomic mass is 32.1. The zero-order valence-corrected chi connectivity index (χ0v) is 18.0. The minimum Gasteiger partial charge on any atom is -0.377 e. The zero-order valence-electron chi connectivity index (χ0n) is 17.2. The van der Waals surface area contributed by atoms with Crippen molar-refractivity contribution in [3.63, 3.8) is 0 Å². The van der Waals surface area contributed by atoms with E-state index in [0.717, 1.165) is 43.6 Å². The van der Waals surface area contributed by atoms with Gasteiger partial charge >= 0.3 is 0 Å². The molecule has 2 aromatic rings. The topological polar surface area (TPSA) is 76.4 Å². The van der Waals surface area contributed by atoms with E-state index < -0.39 is 0 Å². The molecule has 0 amide bonds. The van der Waals surface area contributed by atoms with Gasteiger partial charge in [-0.05, 0) is 44.1 Å². The van der Waals surface area contributed by atoms with Crippen molar-refractivity contribution >= 4 is 17.3 Å². The summed E-state index contributed by atoms with van der Waals surface area (Å²) in [6.45, 7) is 4.27. The third-order valence-electron chi connectivity index (χ3n) is 7.13. The van der Waals surface area contributed by atoms with Crippen LogP contribution in [0.25, 0.3) is 0 Å². The molecule has 2 aliphatic carbocycles.